The first-order valence-electron chi connectivity index (χ1n) is 5.86. The normalized spacial score (nSPS) is 11.1. The molecule has 0 bridgehead atoms. The standard InChI is InChI=1S/C12H11BrN6O/c1-18-11-7(5-15-18)12(20)19(17-16-11)6-8-9(13)3-2-4-10(8)14/h2-5H,6,14H2,1H3. The number of hydrogen-bond donors (Lipinski definition) is 1. The topological polar surface area (TPSA) is 91.6 Å². The molecule has 102 valence electrons. The minimum Gasteiger partial charge on any atom is -0.398 e. The Morgan fingerprint density at radius 1 is 1.40 bits per heavy atom. The van der Waals surface area contributed by atoms with Crippen LogP contribution < -0.4 is 11.3 Å². The summed E-state index contributed by atoms with van der Waals surface area (Å²) in [7, 11) is 1.71. The third kappa shape index (κ3) is 1.97. The van der Waals surface area contributed by atoms with Crippen LogP contribution in [0.5, 0.6) is 0 Å². The van der Waals surface area contributed by atoms with Crippen LogP contribution in [0.15, 0.2) is 33.7 Å². The van der Waals surface area contributed by atoms with E-state index in [-0.39, 0.29) is 12.1 Å². The van der Waals surface area contributed by atoms with E-state index in [4.69, 9.17) is 5.73 Å². The molecule has 0 saturated heterocycles. The van der Waals surface area contributed by atoms with Gasteiger partial charge in [0.25, 0.3) is 5.56 Å². The molecule has 1 aromatic carbocycles. The van der Waals surface area contributed by atoms with Crippen LogP contribution in [0.4, 0.5) is 5.69 Å². The van der Waals surface area contributed by atoms with Crippen molar-refractivity contribution in [1.29, 1.82) is 0 Å². The molecule has 0 unspecified atom stereocenters. The number of nitrogens with two attached hydrogens (primary N) is 1. The molecule has 2 aromatic heterocycles. The van der Waals surface area contributed by atoms with Gasteiger partial charge >= 0.3 is 0 Å². The minimum absolute atomic E-state index is 0.238. The van der Waals surface area contributed by atoms with Crippen LogP contribution in [-0.4, -0.2) is 24.8 Å². The molecule has 0 aliphatic heterocycles. The van der Waals surface area contributed by atoms with Crippen molar-refractivity contribution in [2.75, 3.05) is 5.73 Å². The van der Waals surface area contributed by atoms with Gasteiger partial charge in [0.05, 0.1) is 12.7 Å². The van der Waals surface area contributed by atoms with Crippen molar-refractivity contribution in [3.63, 3.8) is 0 Å². The molecule has 20 heavy (non-hydrogen) atoms. The Labute approximate surface area is 122 Å². The zero-order valence-corrected chi connectivity index (χ0v) is 12.2. The molecule has 3 rings (SSSR count). The van der Waals surface area contributed by atoms with E-state index in [0.717, 1.165) is 10.0 Å². The summed E-state index contributed by atoms with van der Waals surface area (Å²) in [6.07, 6.45) is 1.49. The average molecular weight is 335 g/mol. The first kappa shape index (κ1) is 12.8. The highest BCUT2D eigenvalue weighted by molar-refractivity contribution is 9.10. The zero-order valence-electron chi connectivity index (χ0n) is 10.6. The smallest absolute Gasteiger partial charge is 0.281 e. The van der Waals surface area contributed by atoms with Gasteiger partial charge in [0.1, 0.15) is 5.39 Å². The molecule has 0 amide bonds. The Kier molecular flexibility index (Phi) is 3.01. The Hall–Kier alpha value is -2.22. The zero-order chi connectivity index (χ0) is 14.3. The molecule has 3 aromatic rings. The Morgan fingerprint density at radius 3 is 2.95 bits per heavy atom. The van der Waals surface area contributed by atoms with Gasteiger partial charge in [-0.15, -0.1) is 5.10 Å². The van der Waals surface area contributed by atoms with E-state index in [1.54, 1.807) is 13.1 Å². The van der Waals surface area contributed by atoms with Gasteiger partial charge in [0.2, 0.25) is 0 Å². The fraction of sp³-hybridized carbons (Fsp3) is 0.167. The van der Waals surface area contributed by atoms with Crippen LogP contribution in [0.3, 0.4) is 0 Å². The lowest BCUT2D eigenvalue weighted by Crippen LogP contribution is -2.25. The first-order valence-corrected chi connectivity index (χ1v) is 6.65. The first-order chi connectivity index (χ1) is 9.58. The van der Waals surface area contributed by atoms with Crippen molar-refractivity contribution in [3.05, 3.63) is 44.8 Å². The van der Waals surface area contributed by atoms with E-state index in [0.29, 0.717) is 16.7 Å². The van der Waals surface area contributed by atoms with Crippen molar-refractivity contribution in [2.45, 2.75) is 6.54 Å². The molecule has 0 aliphatic rings. The summed E-state index contributed by atoms with van der Waals surface area (Å²) in [6, 6.07) is 5.48. The summed E-state index contributed by atoms with van der Waals surface area (Å²) >= 11 is 3.42. The number of hydrogen-bond acceptors (Lipinski definition) is 5. The molecule has 0 atom stereocenters. The third-order valence-corrected chi connectivity index (χ3v) is 3.83. The largest absolute Gasteiger partial charge is 0.398 e. The maximum absolute atomic E-state index is 12.3. The Morgan fingerprint density at radius 2 is 2.20 bits per heavy atom. The summed E-state index contributed by atoms with van der Waals surface area (Å²) in [5.41, 5.74) is 7.55. The van der Waals surface area contributed by atoms with E-state index >= 15 is 0 Å². The second kappa shape index (κ2) is 4.71. The number of aryl methyl sites for hydroxylation is 1. The number of rotatable bonds is 2. The van der Waals surface area contributed by atoms with Crippen LogP contribution in [0.2, 0.25) is 0 Å². The molecule has 0 spiro atoms. The molecule has 7 nitrogen and oxygen atoms in total. The molecule has 0 fully saturated rings. The molecule has 0 saturated carbocycles. The number of benzene rings is 1. The molecule has 0 aliphatic carbocycles. The quantitative estimate of drug-likeness (QED) is 0.703. The van der Waals surface area contributed by atoms with Gasteiger partial charge in [0.15, 0.2) is 5.65 Å². The molecule has 2 N–H and O–H groups in total. The predicted octanol–water partition coefficient (Wildman–Crippen LogP) is 0.918. The van der Waals surface area contributed by atoms with Crippen LogP contribution in [0, 0.1) is 0 Å². The number of halogens is 1. The van der Waals surface area contributed by atoms with Gasteiger partial charge in [-0.2, -0.15) is 5.10 Å². The molecule has 8 heteroatoms. The van der Waals surface area contributed by atoms with Gasteiger partial charge in [-0.3, -0.25) is 4.79 Å². The monoisotopic (exact) mass is 334 g/mol. The maximum atomic E-state index is 12.3. The highest BCUT2D eigenvalue weighted by Gasteiger charge is 2.12. The second-order valence-corrected chi connectivity index (χ2v) is 5.22. The lowest BCUT2D eigenvalue weighted by molar-refractivity contribution is 0.595. The number of aromatic nitrogens is 5. The lowest BCUT2D eigenvalue weighted by atomic mass is 10.2. The number of fused-ring (bicyclic) bond motifs is 1. The van der Waals surface area contributed by atoms with Crippen LogP contribution in [0.1, 0.15) is 5.56 Å². The fourth-order valence-electron chi connectivity index (χ4n) is 1.97. The van der Waals surface area contributed by atoms with Gasteiger partial charge in [-0.25, -0.2) is 9.36 Å². The summed E-state index contributed by atoms with van der Waals surface area (Å²) in [5.74, 6) is 0. The number of nitrogens with zero attached hydrogens (tertiary/aromatic N) is 5. The molecular weight excluding hydrogens is 324 g/mol. The van der Waals surface area contributed by atoms with Crippen LogP contribution in [0.25, 0.3) is 11.0 Å². The van der Waals surface area contributed by atoms with Gasteiger partial charge in [0, 0.05) is 22.8 Å². The summed E-state index contributed by atoms with van der Waals surface area (Å²) < 4.78 is 3.62. The van der Waals surface area contributed by atoms with Crippen molar-refractivity contribution in [1.82, 2.24) is 24.8 Å². The van der Waals surface area contributed by atoms with Gasteiger partial charge in [-0.1, -0.05) is 27.2 Å². The highest BCUT2D eigenvalue weighted by atomic mass is 79.9. The van der Waals surface area contributed by atoms with Crippen molar-refractivity contribution in [3.8, 4) is 0 Å². The maximum Gasteiger partial charge on any atom is 0.281 e. The number of nitrogen functional groups attached to an aromatic ring is 1. The lowest BCUT2D eigenvalue weighted by Gasteiger charge is -2.08. The average Bonchev–Trinajstić information content (AvgIpc) is 2.79. The number of anilines is 1. The Balaban J connectivity index is 2.12. The minimum atomic E-state index is -0.238. The highest BCUT2D eigenvalue weighted by Crippen LogP contribution is 2.22. The SMILES string of the molecule is Cn1ncc2c(=O)n(Cc3c(N)cccc3Br)nnc21. The van der Waals surface area contributed by atoms with Crippen LogP contribution in [-0.2, 0) is 13.6 Å². The summed E-state index contributed by atoms with van der Waals surface area (Å²) in [4.78, 5) is 12.3. The van der Waals surface area contributed by atoms with E-state index in [2.05, 4.69) is 31.3 Å². The summed E-state index contributed by atoms with van der Waals surface area (Å²) in [6.45, 7) is 0.254. The van der Waals surface area contributed by atoms with Gasteiger partial charge in [-0.05, 0) is 12.1 Å². The van der Waals surface area contributed by atoms with Crippen molar-refractivity contribution >= 4 is 32.7 Å². The van der Waals surface area contributed by atoms with Crippen LogP contribution >= 0.6 is 15.9 Å². The molecular formula is C12H11BrN6O. The van der Waals surface area contributed by atoms with Crippen molar-refractivity contribution in [2.24, 2.45) is 7.05 Å². The summed E-state index contributed by atoms with van der Waals surface area (Å²) in [5, 5.41) is 12.4. The van der Waals surface area contributed by atoms with E-state index < -0.39 is 0 Å². The van der Waals surface area contributed by atoms with E-state index in [1.807, 2.05) is 12.1 Å². The predicted molar refractivity (Wildman–Crippen MR) is 78.2 cm³/mol. The van der Waals surface area contributed by atoms with E-state index in [9.17, 15) is 4.79 Å². The second-order valence-electron chi connectivity index (χ2n) is 4.37. The Bertz CT molecular complexity index is 833. The molecule has 0 radical (unpaired) electrons. The molecule has 2 heterocycles. The fourth-order valence-corrected chi connectivity index (χ4v) is 2.48. The van der Waals surface area contributed by atoms with Crippen molar-refractivity contribution < 1.29 is 0 Å². The third-order valence-electron chi connectivity index (χ3n) is 3.08. The van der Waals surface area contributed by atoms with E-state index in [1.165, 1.54) is 15.6 Å². The van der Waals surface area contributed by atoms with Gasteiger partial charge < -0.3 is 5.73 Å².